The Morgan fingerprint density at radius 3 is 2.70 bits per heavy atom. The SMILES string of the molecule is CCSC(N)=Nc1ccc(N2CCCCC2)c(CN)c1. The van der Waals surface area contributed by atoms with Crippen molar-refractivity contribution in [1.82, 2.24) is 0 Å². The number of hydrogen-bond donors (Lipinski definition) is 2. The molecular weight excluding hydrogens is 268 g/mol. The van der Waals surface area contributed by atoms with E-state index in [0.717, 1.165) is 30.1 Å². The van der Waals surface area contributed by atoms with E-state index < -0.39 is 0 Å². The predicted octanol–water partition coefficient (Wildman–Crippen LogP) is 2.83. The molecule has 0 radical (unpaired) electrons. The summed E-state index contributed by atoms with van der Waals surface area (Å²) in [6.07, 6.45) is 3.87. The minimum atomic E-state index is 0.538. The summed E-state index contributed by atoms with van der Waals surface area (Å²) in [4.78, 5) is 6.86. The van der Waals surface area contributed by atoms with Crippen molar-refractivity contribution in [3.05, 3.63) is 23.8 Å². The molecule has 0 saturated carbocycles. The van der Waals surface area contributed by atoms with Gasteiger partial charge in [-0.2, -0.15) is 0 Å². The Kier molecular flexibility index (Phi) is 5.73. The molecule has 1 heterocycles. The molecule has 20 heavy (non-hydrogen) atoms. The number of nitrogens with zero attached hydrogens (tertiary/aromatic N) is 2. The van der Waals surface area contributed by atoms with Crippen LogP contribution in [0.5, 0.6) is 0 Å². The van der Waals surface area contributed by atoms with E-state index in [4.69, 9.17) is 11.5 Å². The monoisotopic (exact) mass is 292 g/mol. The normalized spacial score (nSPS) is 16.5. The predicted molar refractivity (Wildman–Crippen MR) is 89.8 cm³/mol. The average molecular weight is 292 g/mol. The number of anilines is 1. The highest BCUT2D eigenvalue weighted by atomic mass is 32.2. The minimum Gasteiger partial charge on any atom is -0.378 e. The highest BCUT2D eigenvalue weighted by molar-refractivity contribution is 8.13. The fraction of sp³-hybridized carbons (Fsp3) is 0.533. The Hall–Kier alpha value is -1.20. The second-order valence-electron chi connectivity index (χ2n) is 4.95. The largest absolute Gasteiger partial charge is 0.378 e. The van der Waals surface area contributed by atoms with E-state index in [1.54, 1.807) is 11.8 Å². The van der Waals surface area contributed by atoms with Crippen LogP contribution in [0, 0.1) is 0 Å². The van der Waals surface area contributed by atoms with Gasteiger partial charge in [-0.3, -0.25) is 0 Å². The van der Waals surface area contributed by atoms with Crippen molar-refractivity contribution in [3.8, 4) is 0 Å². The van der Waals surface area contributed by atoms with Gasteiger partial charge in [0, 0.05) is 25.3 Å². The van der Waals surface area contributed by atoms with Crippen molar-refractivity contribution in [2.45, 2.75) is 32.7 Å². The summed E-state index contributed by atoms with van der Waals surface area (Å²) >= 11 is 1.56. The van der Waals surface area contributed by atoms with Gasteiger partial charge in [0.05, 0.1) is 5.69 Å². The van der Waals surface area contributed by atoms with Gasteiger partial charge in [0.1, 0.15) is 0 Å². The maximum absolute atomic E-state index is 5.90. The third kappa shape index (κ3) is 3.90. The molecule has 5 heteroatoms. The van der Waals surface area contributed by atoms with Gasteiger partial charge in [-0.15, -0.1) is 0 Å². The number of aliphatic imine (C=N–C) groups is 1. The van der Waals surface area contributed by atoms with Gasteiger partial charge in [0.2, 0.25) is 0 Å². The number of thioether (sulfide) groups is 1. The summed E-state index contributed by atoms with van der Waals surface area (Å²) < 4.78 is 0. The van der Waals surface area contributed by atoms with E-state index >= 15 is 0 Å². The fourth-order valence-electron chi connectivity index (χ4n) is 2.56. The van der Waals surface area contributed by atoms with Crippen molar-refractivity contribution in [2.24, 2.45) is 16.5 Å². The first kappa shape index (κ1) is 15.2. The molecule has 0 atom stereocenters. The van der Waals surface area contributed by atoms with Crippen LogP contribution in [-0.2, 0) is 6.54 Å². The van der Waals surface area contributed by atoms with Crippen molar-refractivity contribution < 1.29 is 0 Å². The molecule has 1 fully saturated rings. The zero-order valence-corrected chi connectivity index (χ0v) is 13.0. The Labute approximate surface area is 125 Å². The average Bonchev–Trinajstić information content (AvgIpc) is 2.48. The summed E-state index contributed by atoms with van der Waals surface area (Å²) in [5.41, 5.74) is 15.1. The molecule has 0 aromatic heterocycles. The van der Waals surface area contributed by atoms with E-state index in [1.807, 2.05) is 6.07 Å². The number of nitrogens with two attached hydrogens (primary N) is 2. The van der Waals surface area contributed by atoms with E-state index in [-0.39, 0.29) is 0 Å². The van der Waals surface area contributed by atoms with E-state index in [2.05, 4.69) is 28.9 Å². The lowest BCUT2D eigenvalue weighted by atomic mass is 10.1. The molecule has 0 spiro atoms. The van der Waals surface area contributed by atoms with Gasteiger partial charge in [0.15, 0.2) is 5.17 Å². The van der Waals surface area contributed by atoms with Crippen molar-refractivity contribution in [3.63, 3.8) is 0 Å². The van der Waals surface area contributed by atoms with Gasteiger partial charge in [-0.1, -0.05) is 18.7 Å². The molecule has 2 rings (SSSR count). The lowest BCUT2D eigenvalue weighted by molar-refractivity contribution is 0.576. The number of hydrogen-bond acceptors (Lipinski definition) is 4. The maximum atomic E-state index is 5.90. The highest BCUT2D eigenvalue weighted by Crippen LogP contribution is 2.28. The van der Waals surface area contributed by atoms with Crippen LogP contribution in [0.25, 0.3) is 0 Å². The Morgan fingerprint density at radius 1 is 1.30 bits per heavy atom. The minimum absolute atomic E-state index is 0.538. The lowest BCUT2D eigenvalue weighted by Crippen LogP contribution is -2.30. The van der Waals surface area contributed by atoms with Crippen molar-refractivity contribution in [2.75, 3.05) is 23.7 Å². The molecule has 0 bridgehead atoms. The van der Waals surface area contributed by atoms with Crippen LogP contribution in [0.15, 0.2) is 23.2 Å². The number of amidine groups is 1. The zero-order chi connectivity index (χ0) is 14.4. The number of benzene rings is 1. The molecule has 4 nitrogen and oxygen atoms in total. The number of piperidine rings is 1. The summed E-state index contributed by atoms with van der Waals surface area (Å²) in [5, 5.41) is 0.612. The molecule has 1 aliphatic heterocycles. The van der Waals surface area contributed by atoms with Gasteiger partial charge in [-0.25, -0.2) is 4.99 Å². The van der Waals surface area contributed by atoms with E-state index in [1.165, 1.54) is 24.9 Å². The summed E-state index contributed by atoms with van der Waals surface area (Å²) in [5.74, 6) is 0.935. The molecule has 4 N–H and O–H groups in total. The lowest BCUT2D eigenvalue weighted by Gasteiger charge is -2.30. The first-order valence-electron chi connectivity index (χ1n) is 7.29. The van der Waals surface area contributed by atoms with Crippen LogP contribution in [0.3, 0.4) is 0 Å². The van der Waals surface area contributed by atoms with Crippen LogP contribution in [0.2, 0.25) is 0 Å². The molecule has 1 saturated heterocycles. The smallest absolute Gasteiger partial charge is 0.159 e. The van der Waals surface area contributed by atoms with Gasteiger partial charge >= 0.3 is 0 Å². The van der Waals surface area contributed by atoms with Gasteiger partial charge < -0.3 is 16.4 Å². The topological polar surface area (TPSA) is 67.6 Å². The molecule has 0 aliphatic carbocycles. The number of rotatable bonds is 4. The molecule has 110 valence electrons. The first-order valence-corrected chi connectivity index (χ1v) is 8.28. The second-order valence-corrected chi connectivity index (χ2v) is 6.23. The molecule has 1 aromatic rings. The van der Waals surface area contributed by atoms with E-state index in [9.17, 15) is 0 Å². The van der Waals surface area contributed by atoms with Crippen LogP contribution in [0.4, 0.5) is 11.4 Å². The highest BCUT2D eigenvalue weighted by Gasteiger charge is 2.14. The van der Waals surface area contributed by atoms with Crippen LogP contribution in [-0.4, -0.2) is 24.0 Å². The Bertz CT molecular complexity index is 467. The third-order valence-electron chi connectivity index (χ3n) is 3.51. The van der Waals surface area contributed by atoms with Crippen LogP contribution < -0.4 is 16.4 Å². The standard InChI is InChI=1S/C15H24N4S/c1-2-20-15(17)18-13-6-7-14(12(10-13)11-16)19-8-4-3-5-9-19/h6-7,10H,2-5,8-9,11,16H2,1H3,(H2,17,18). The maximum Gasteiger partial charge on any atom is 0.159 e. The third-order valence-corrected chi connectivity index (χ3v) is 4.19. The molecule has 1 aromatic carbocycles. The van der Waals surface area contributed by atoms with Crippen LogP contribution >= 0.6 is 11.8 Å². The second kappa shape index (κ2) is 7.55. The molecule has 1 aliphatic rings. The summed E-state index contributed by atoms with van der Waals surface area (Å²) in [7, 11) is 0. The van der Waals surface area contributed by atoms with Gasteiger partial charge in [-0.05, 0) is 48.8 Å². The molecule has 0 unspecified atom stereocenters. The summed E-state index contributed by atoms with van der Waals surface area (Å²) in [6, 6.07) is 6.23. The van der Waals surface area contributed by atoms with Crippen LogP contribution in [0.1, 0.15) is 31.7 Å². The van der Waals surface area contributed by atoms with E-state index in [0.29, 0.717) is 11.7 Å². The van der Waals surface area contributed by atoms with Crippen molar-refractivity contribution in [1.29, 1.82) is 0 Å². The quantitative estimate of drug-likeness (QED) is 0.661. The zero-order valence-electron chi connectivity index (χ0n) is 12.1. The molecular formula is C15H24N4S. The molecule has 0 amide bonds. The fourth-order valence-corrected chi connectivity index (χ4v) is 3.02. The summed E-state index contributed by atoms with van der Waals surface area (Å²) in [6.45, 7) is 4.86. The Balaban J connectivity index is 2.21. The first-order chi connectivity index (χ1) is 9.74. The van der Waals surface area contributed by atoms with Crippen molar-refractivity contribution >= 4 is 28.3 Å². The van der Waals surface area contributed by atoms with Gasteiger partial charge in [0.25, 0.3) is 0 Å². The Morgan fingerprint density at radius 2 is 2.05 bits per heavy atom.